The number of hydrogen-bond donors (Lipinski definition) is 1. The van der Waals surface area contributed by atoms with E-state index in [1.807, 2.05) is 50.4 Å². The lowest BCUT2D eigenvalue weighted by Gasteiger charge is -2.39. The third-order valence-electron chi connectivity index (χ3n) is 5.98. The average Bonchev–Trinajstić information content (AvgIpc) is 2.95. The normalized spacial score (nSPS) is 17.7. The summed E-state index contributed by atoms with van der Waals surface area (Å²) < 4.78 is 0. The summed E-state index contributed by atoms with van der Waals surface area (Å²) in [4.78, 5) is 34.1. The zero-order valence-corrected chi connectivity index (χ0v) is 16.4. The summed E-state index contributed by atoms with van der Waals surface area (Å²) in [6, 6.07) is 11.6. The van der Waals surface area contributed by atoms with Crippen molar-refractivity contribution in [1.82, 2.24) is 10.3 Å². The predicted molar refractivity (Wildman–Crippen MR) is 110 cm³/mol. The van der Waals surface area contributed by atoms with Crippen molar-refractivity contribution in [3.63, 3.8) is 0 Å². The fraction of sp³-hybridized carbons (Fsp3) is 0.409. The standard InChI is InChI=1S/C22H26N4O2/c1-3-11-24-20(27)16-7-8-18-17(15-16)22(21(28)25(18)2)9-13-26(14-10-22)19-6-4-5-12-23-19/h4-8,12,15H,3,9-11,13-14H2,1-2H3,(H,24,27). The smallest absolute Gasteiger partial charge is 0.251 e. The van der Waals surface area contributed by atoms with Gasteiger partial charge in [-0.1, -0.05) is 13.0 Å². The molecule has 0 radical (unpaired) electrons. The first-order valence-electron chi connectivity index (χ1n) is 9.94. The van der Waals surface area contributed by atoms with Gasteiger partial charge in [-0.25, -0.2) is 4.98 Å². The van der Waals surface area contributed by atoms with Gasteiger partial charge in [0.15, 0.2) is 0 Å². The zero-order valence-electron chi connectivity index (χ0n) is 16.4. The summed E-state index contributed by atoms with van der Waals surface area (Å²) in [6.07, 6.45) is 4.13. The molecule has 0 aliphatic carbocycles. The molecule has 4 rings (SSSR count). The molecule has 2 aliphatic rings. The van der Waals surface area contributed by atoms with Crippen molar-refractivity contribution >= 4 is 23.3 Å². The number of piperidine rings is 1. The van der Waals surface area contributed by atoms with Crippen LogP contribution in [0.2, 0.25) is 0 Å². The molecule has 1 N–H and O–H groups in total. The molecule has 2 amide bonds. The van der Waals surface area contributed by atoms with Crippen LogP contribution < -0.4 is 15.1 Å². The van der Waals surface area contributed by atoms with Crippen molar-refractivity contribution < 1.29 is 9.59 Å². The predicted octanol–water partition coefficient (Wildman–Crippen LogP) is 2.74. The molecule has 1 aromatic carbocycles. The Morgan fingerprint density at radius 3 is 2.68 bits per heavy atom. The van der Waals surface area contributed by atoms with Crippen LogP contribution in [0.1, 0.15) is 42.1 Å². The maximum atomic E-state index is 13.2. The summed E-state index contributed by atoms with van der Waals surface area (Å²) in [5, 5.41) is 2.93. The van der Waals surface area contributed by atoms with E-state index < -0.39 is 5.41 Å². The quantitative estimate of drug-likeness (QED) is 0.888. The first kappa shape index (κ1) is 18.5. The Balaban J connectivity index is 1.63. The van der Waals surface area contributed by atoms with Gasteiger partial charge in [0.25, 0.3) is 5.91 Å². The highest BCUT2D eigenvalue weighted by Gasteiger charge is 2.51. The zero-order chi connectivity index (χ0) is 19.7. The molecule has 1 spiro atoms. The molecule has 3 heterocycles. The lowest BCUT2D eigenvalue weighted by molar-refractivity contribution is -0.123. The molecular weight excluding hydrogens is 352 g/mol. The number of likely N-dealkylation sites (N-methyl/N-ethyl adjacent to an activating group) is 1. The van der Waals surface area contributed by atoms with Gasteiger partial charge in [0.2, 0.25) is 5.91 Å². The van der Waals surface area contributed by atoms with Crippen LogP contribution in [-0.4, -0.2) is 43.5 Å². The molecule has 0 atom stereocenters. The van der Waals surface area contributed by atoms with Crippen LogP contribution in [-0.2, 0) is 10.2 Å². The number of anilines is 2. The fourth-order valence-electron chi connectivity index (χ4n) is 4.38. The van der Waals surface area contributed by atoms with E-state index in [2.05, 4.69) is 15.2 Å². The molecule has 1 aromatic heterocycles. The number of carbonyl (C=O) groups is 2. The van der Waals surface area contributed by atoms with Crippen molar-refractivity contribution in [2.75, 3.05) is 36.5 Å². The maximum absolute atomic E-state index is 13.2. The molecule has 2 aromatic rings. The van der Waals surface area contributed by atoms with Crippen molar-refractivity contribution in [3.05, 3.63) is 53.7 Å². The topological polar surface area (TPSA) is 65.5 Å². The maximum Gasteiger partial charge on any atom is 0.251 e. The van der Waals surface area contributed by atoms with Gasteiger partial charge in [0, 0.05) is 44.1 Å². The second-order valence-electron chi connectivity index (χ2n) is 7.61. The van der Waals surface area contributed by atoms with E-state index in [1.54, 1.807) is 11.1 Å². The molecule has 146 valence electrons. The van der Waals surface area contributed by atoms with Crippen molar-refractivity contribution in [3.8, 4) is 0 Å². The molecule has 0 saturated carbocycles. The van der Waals surface area contributed by atoms with Crippen molar-refractivity contribution in [2.24, 2.45) is 0 Å². The van der Waals surface area contributed by atoms with E-state index in [-0.39, 0.29) is 11.8 Å². The second-order valence-corrected chi connectivity index (χ2v) is 7.61. The van der Waals surface area contributed by atoms with E-state index in [0.717, 1.165) is 49.4 Å². The Labute approximate surface area is 165 Å². The summed E-state index contributed by atoms with van der Waals surface area (Å²) in [6.45, 7) is 4.21. The van der Waals surface area contributed by atoms with Crippen LogP contribution in [0.3, 0.4) is 0 Å². The number of benzene rings is 1. The van der Waals surface area contributed by atoms with E-state index in [9.17, 15) is 9.59 Å². The van der Waals surface area contributed by atoms with E-state index >= 15 is 0 Å². The number of amides is 2. The highest BCUT2D eigenvalue weighted by atomic mass is 16.2. The molecule has 0 bridgehead atoms. The van der Waals surface area contributed by atoms with E-state index in [4.69, 9.17) is 0 Å². The molecule has 2 aliphatic heterocycles. The first-order chi connectivity index (χ1) is 13.6. The SMILES string of the molecule is CCCNC(=O)c1ccc2c(c1)C1(CCN(c3ccccn3)CC1)C(=O)N2C. The van der Waals surface area contributed by atoms with Gasteiger partial charge < -0.3 is 15.1 Å². The molecule has 1 saturated heterocycles. The highest BCUT2D eigenvalue weighted by molar-refractivity contribution is 6.09. The van der Waals surface area contributed by atoms with Crippen LogP contribution >= 0.6 is 0 Å². The number of hydrogen-bond acceptors (Lipinski definition) is 4. The molecular formula is C22H26N4O2. The van der Waals surface area contributed by atoms with Crippen LogP contribution in [0.5, 0.6) is 0 Å². The number of nitrogens with one attached hydrogen (secondary N) is 1. The largest absolute Gasteiger partial charge is 0.357 e. The summed E-state index contributed by atoms with van der Waals surface area (Å²) in [5.41, 5.74) is 1.99. The minimum Gasteiger partial charge on any atom is -0.357 e. The van der Waals surface area contributed by atoms with Gasteiger partial charge in [0.1, 0.15) is 5.82 Å². The van der Waals surface area contributed by atoms with E-state index in [0.29, 0.717) is 12.1 Å². The number of pyridine rings is 1. The molecule has 28 heavy (non-hydrogen) atoms. The Hall–Kier alpha value is -2.89. The molecule has 6 nitrogen and oxygen atoms in total. The number of carbonyl (C=O) groups excluding carboxylic acids is 2. The van der Waals surface area contributed by atoms with Crippen molar-refractivity contribution in [2.45, 2.75) is 31.6 Å². The van der Waals surface area contributed by atoms with Gasteiger partial charge in [-0.15, -0.1) is 0 Å². The fourth-order valence-corrected chi connectivity index (χ4v) is 4.38. The Morgan fingerprint density at radius 1 is 1.21 bits per heavy atom. The van der Waals surface area contributed by atoms with Crippen LogP contribution in [0.25, 0.3) is 0 Å². The van der Waals surface area contributed by atoms with E-state index in [1.165, 1.54) is 0 Å². The first-order valence-corrected chi connectivity index (χ1v) is 9.94. The van der Waals surface area contributed by atoms with Gasteiger partial charge in [-0.2, -0.15) is 0 Å². The third-order valence-corrected chi connectivity index (χ3v) is 5.98. The number of aromatic nitrogens is 1. The van der Waals surface area contributed by atoms with Gasteiger partial charge in [-0.3, -0.25) is 9.59 Å². The minimum absolute atomic E-state index is 0.0762. The number of rotatable bonds is 4. The second kappa shape index (κ2) is 7.26. The number of fused-ring (bicyclic) bond motifs is 2. The highest BCUT2D eigenvalue weighted by Crippen LogP contribution is 2.48. The number of nitrogens with zero attached hydrogens (tertiary/aromatic N) is 3. The summed E-state index contributed by atoms with van der Waals surface area (Å²) in [7, 11) is 1.83. The monoisotopic (exact) mass is 378 g/mol. The Kier molecular flexibility index (Phi) is 4.79. The van der Waals surface area contributed by atoms with Crippen molar-refractivity contribution in [1.29, 1.82) is 0 Å². The summed E-state index contributed by atoms with van der Waals surface area (Å²) in [5.74, 6) is 1.01. The lowest BCUT2D eigenvalue weighted by Crippen LogP contribution is -2.48. The Morgan fingerprint density at radius 2 is 2.00 bits per heavy atom. The molecule has 6 heteroatoms. The third kappa shape index (κ3) is 2.93. The molecule has 1 fully saturated rings. The Bertz CT molecular complexity index is 889. The van der Waals surface area contributed by atoms with Gasteiger partial charge in [0.05, 0.1) is 5.41 Å². The van der Waals surface area contributed by atoms with Crippen LogP contribution in [0.4, 0.5) is 11.5 Å². The van der Waals surface area contributed by atoms with Gasteiger partial charge in [-0.05, 0) is 55.2 Å². The van der Waals surface area contributed by atoms with Crippen LogP contribution in [0.15, 0.2) is 42.6 Å². The summed E-state index contributed by atoms with van der Waals surface area (Å²) >= 11 is 0. The minimum atomic E-state index is -0.545. The lowest BCUT2D eigenvalue weighted by atomic mass is 9.73. The molecule has 0 unspecified atom stereocenters. The van der Waals surface area contributed by atoms with Gasteiger partial charge >= 0.3 is 0 Å². The average molecular weight is 378 g/mol. The van der Waals surface area contributed by atoms with Crippen LogP contribution in [0, 0.1) is 0 Å².